The van der Waals surface area contributed by atoms with Crippen LogP contribution in [0, 0.1) is 0 Å². The Kier molecular flexibility index (Phi) is 6.22. The minimum atomic E-state index is -1.71. The van der Waals surface area contributed by atoms with Gasteiger partial charge in [-0.15, -0.1) is 0 Å². The summed E-state index contributed by atoms with van der Waals surface area (Å²) in [6.07, 6.45) is 0. The Morgan fingerprint density at radius 2 is 0.872 bits per heavy atom. The molecule has 0 atom stereocenters. The maximum atomic E-state index is 12.5. The van der Waals surface area contributed by atoms with Crippen molar-refractivity contribution in [3.8, 4) is 45.6 Å². The molecule has 223 valence electrons. The number of aromatic nitrogens is 8. The maximum Gasteiger partial charge on any atom is 2.00 e. The molecule has 0 saturated carbocycles. The molecule has 0 aliphatic carbocycles. The van der Waals surface area contributed by atoms with Crippen LogP contribution in [0.15, 0.2) is 84.9 Å². The molecule has 1 radical (unpaired) electrons. The van der Waals surface area contributed by atoms with Gasteiger partial charge in [0, 0.05) is 54.9 Å². The van der Waals surface area contributed by atoms with Crippen LogP contribution in [-0.2, 0) is 17.1 Å². The summed E-state index contributed by atoms with van der Waals surface area (Å²) in [6, 6.07) is 25.2. The average molecular weight is 655 g/mol. The van der Waals surface area contributed by atoms with Gasteiger partial charge in [0.2, 0.25) is 0 Å². The van der Waals surface area contributed by atoms with E-state index in [-0.39, 0.29) is 45.0 Å². The summed E-state index contributed by atoms with van der Waals surface area (Å²) in [6.45, 7) is 0. The molecule has 9 rings (SSSR count). The third-order valence-electron chi connectivity index (χ3n) is 8.14. The van der Waals surface area contributed by atoms with Crippen LogP contribution in [0.25, 0.3) is 89.7 Å². The Hall–Kier alpha value is -6.30. The number of aromatic amines is 2. The van der Waals surface area contributed by atoms with E-state index in [1.54, 1.807) is 0 Å². The summed E-state index contributed by atoms with van der Waals surface area (Å²) in [5, 5.41) is 26.4. The SMILES string of the molecule is O=C([O-])c1ccc2c3nc4nc(nc5[nH]c(nc6nc(nc([nH]3)c2c1C(=O)[O-])-c1ccccc1-6)c1ccccc51)-c1ccccc1-4.[Mn+2]. The van der Waals surface area contributed by atoms with Gasteiger partial charge in [-0.25, -0.2) is 29.9 Å². The topological polar surface area (TPSA) is 189 Å². The van der Waals surface area contributed by atoms with Crippen molar-refractivity contribution in [2.24, 2.45) is 0 Å². The molecule has 2 aliphatic rings. The summed E-state index contributed by atoms with van der Waals surface area (Å²) in [4.78, 5) is 59.8. The number of H-pyrrole nitrogens is 2. The standard InChI is InChI=1S/C34H18N8O4.Mn/c43-33(44)22-14-13-21-23(24(22)34(45)46)32-41-30-20-12-6-5-11-19(20)28(39-30)37-26-16-8-2-1-7-15(16)25(35-26)36-27-17-9-3-4-10-18(17)29(38-27)40-31(21)42-32;/h1-14H,(H,43,44)(H,45,46)(H2,35,36,37,38,39,40,41,42);/q;+2/p-2. The number of carboxylic acid groups (broad SMARTS) is 2. The minimum Gasteiger partial charge on any atom is -0.545 e. The first kappa shape index (κ1) is 28.2. The van der Waals surface area contributed by atoms with Crippen molar-refractivity contribution in [2.45, 2.75) is 0 Å². The van der Waals surface area contributed by atoms with Gasteiger partial charge in [-0.2, -0.15) is 0 Å². The Morgan fingerprint density at radius 1 is 0.468 bits per heavy atom. The van der Waals surface area contributed by atoms with Gasteiger partial charge in [0.1, 0.15) is 22.6 Å². The smallest absolute Gasteiger partial charge is 0.545 e. The van der Waals surface area contributed by atoms with Crippen LogP contribution in [0.4, 0.5) is 0 Å². The van der Waals surface area contributed by atoms with Crippen molar-refractivity contribution in [2.75, 3.05) is 0 Å². The number of hydrogen-bond donors (Lipinski definition) is 2. The molecular weight excluding hydrogens is 639 g/mol. The van der Waals surface area contributed by atoms with Gasteiger partial charge in [0.25, 0.3) is 0 Å². The van der Waals surface area contributed by atoms with E-state index in [1.807, 2.05) is 72.8 Å². The molecule has 12 nitrogen and oxygen atoms in total. The van der Waals surface area contributed by atoms with E-state index < -0.39 is 23.1 Å². The van der Waals surface area contributed by atoms with Crippen molar-refractivity contribution in [3.05, 3.63) is 96.1 Å². The van der Waals surface area contributed by atoms with Crippen molar-refractivity contribution in [3.63, 3.8) is 0 Å². The fourth-order valence-corrected chi connectivity index (χ4v) is 6.11. The van der Waals surface area contributed by atoms with Crippen molar-refractivity contribution < 1.29 is 36.9 Å². The first-order chi connectivity index (χ1) is 22.4. The number of carboxylic acids is 2. The molecule has 0 fully saturated rings. The Balaban J connectivity index is 0.00000324. The third kappa shape index (κ3) is 4.21. The fourth-order valence-electron chi connectivity index (χ4n) is 6.11. The molecule has 47 heavy (non-hydrogen) atoms. The predicted octanol–water partition coefficient (Wildman–Crippen LogP) is 3.59. The summed E-state index contributed by atoms with van der Waals surface area (Å²) >= 11 is 0. The first-order valence-corrected chi connectivity index (χ1v) is 14.1. The molecular formula is C34H16MnN8O4. The molecule has 0 saturated heterocycles. The van der Waals surface area contributed by atoms with Crippen molar-refractivity contribution in [1.29, 1.82) is 0 Å². The second-order valence-corrected chi connectivity index (χ2v) is 10.7. The molecule has 2 N–H and O–H groups in total. The molecule has 8 bridgehead atoms. The molecule has 7 aromatic rings. The van der Waals surface area contributed by atoms with Crippen LogP contribution in [-0.4, -0.2) is 51.8 Å². The van der Waals surface area contributed by atoms with Gasteiger partial charge in [-0.3, -0.25) is 0 Å². The number of benzene rings is 4. The Bertz CT molecular complexity index is 2680. The zero-order chi connectivity index (χ0) is 31.1. The van der Waals surface area contributed by atoms with E-state index >= 15 is 0 Å². The molecule has 3 aromatic heterocycles. The van der Waals surface area contributed by atoms with E-state index in [2.05, 4.69) is 9.97 Å². The zero-order valence-electron chi connectivity index (χ0n) is 23.8. The van der Waals surface area contributed by atoms with Gasteiger partial charge in [-0.1, -0.05) is 78.9 Å². The van der Waals surface area contributed by atoms with Crippen LogP contribution < -0.4 is 10.2 Å². The third-order valence-corrected chi connectivity index (χ3v) is 8.14. The van der Waals surface area contributed by atoms with Crippen LogP contribution in [0.3, 0.4) is 0 Å². The average Bonchev–Trinajstić information content (AvgIpc) is 3.80. The monoisotopic (exact) mass is 655 g/mol. The van der Waals surface area contributed by atoms with Crippen molar-refractivity contribution in [1.82, 2.24) is 39.9 Å². The Morgan fingerprint density at radius 3 is 1.32 bits per heavy atom. The number of aromatic carboxylic acids is 2. The summed E-state index contributed by atoms with van der Waals surface area (Å²) in [5.41, 5.74) is 2.96. The number of hydrogen-bond acceptors (Lipinski definition) is 10. The summed E-state index contributed by atoms with van der Waals surface area (Å²) in [5.74, 6) is -2.05. The number of nitrogens with one attached hydrogen (secondary N) is 2. The zero-order valence-corrected chi connectivity index (χ0v) is 25.0. The summed E-state index contributed by atoms with van der Waals surface area (Å²) < 4.78 is 0. The van der Waals surface area contributed by atoms with Crippen LogP contribution in [0.2, 0.25) is 0 Å². The van der Waals surface area contributed by atoms with Gasteiger partial charge in [0.15, 0.2) is 23.3 Å². The van der Waals surface area contributed by atoms with Gasteiger partial charge < -0.3 is 29.8 Å². The number of nitrogens with zero attached hydrogens (tertiary/aromatic N) is 6. The number of rotatable bonds is 2. The van der Waals surface area contributed by atoms with Gasteiger partial charge >= 0.3 is 17.1 Å². The maximum absolute atomic E-state index is 12.5. The molecule has 2 aliphatic heterocycles. The molecule has 4 aromatic carbocycles. The van der Waals surface area contributed by atoms with Crippen LogP contribution in [0.1, 0.15) is 20.7 Å². The molecule has 13 heteroatoms. The van der Waals surface area contributed by atoms with E-state index in [0.29, 0.717) is 45.5 Å². The first-order valence-electron chi connectivity index (χ1n) is 14.1. The van der Waals surface area contributed by atoms with Crippen molar-refractivity contribution >= 4 is 56.1 Å². The van der Waals surface area contributed by atoms with Crippen LogP contribution >= 0.6 is 0 Å². The Labute approximate surface area is 273 Å². The van der Waals surface area contributed by atoms with E-state index in [0.717, 1.165) is 22.4 Å². The van der Waals surface area contributed by atoms with E-state index in [1.165, 1.54) is 6.07 Å². The quantitative estimate of drug-likeness (QED) is 0.260. The predicted molar refractivity (Wildman–Crippen MR) is 165 cm³/mol. The second-order valence-electron chi connectivity index (χ2n) is 10.7. The normalized spacial score (nSPS) is 11.6. The van der Waals surface area contributed by atoms with Crippen LogP contribution in [0.5, 0.6) is 0 Å². The number of carbonyl (C=O) groups excluding carboxylic acids is 2. The molecule has 5 heterocycles. The number of carbonyl (C=O) groups is 2. The number of fused-ring (bicyclic) bond motifs is 20. The fraction of sp³-hybridized carbons (Fsp3) is 0. The van der Waals surface area contributed by atoms with Gasteiger partial charge in [0.05, 0.1) is 11.9 Å². The molecule has 0 unspecified atom stereocenters. The van der Waals surface area contributed by atoms with E-state index in [9.17, 15) is 19.8 Å². The minimum absolute atomic E-state index is 0. The largest absolute Gasteiger partial charge is 2.00 e. The summed E-state index contributed by atoms with van der Waals surface area (Å²) in [7, 11) is 0. The second kappa shape index (κ2) is 10.4. The van der Waals surface area contributed by atoms with Gasteiger partial charge in [-0.05, 0) is 6.07 Å². The molecule has 0 amide bonds. The molecule has 0 spiro atoms. The van der Waals surface area contributed by atoms with E-state index in [4.69, 9.17) is 29.9 Å².